The Bertz CT molecular complexity index is 1250. The second-order valence-corrected chi connectivity index (χ2v) is 6.28. The largest absolute Gasteiger partial charge is 0.355 e. The highest BCUT2D eigenvalue weighted by molar-refractivity contribution is 6.25. The minimum absolute atomic E-state index is 0.668. The van der Waals surface area contributed by atoms with E-state index in [1.54, 1.807) is 0 Å². The Balaban J connectivity index is 1.74. The molecule has 0 saturated carbocycles. The maximum absolute atomic E-state index is 8.95. The molecule has 0 heterocycles. The van der Waals surface area contributed by atoms with E-state index in [4.69, 9.17) is 5.26 Å². The second kappa shape index (κ2) is 5.22. The van der Waals surface area contributed by atoms with Crippen molar-refractivity contribution in [3.63, 3.8) is 0 Å². The smallest absolute Gasteiger partial charge is 0.0991 e. The first-order valence-corrected chi connectivity index (χ1v) is 8.27. The summed E-state index contributed by atoms with van der Waals surface area (Å²) in [4.78, 5) is 0. The van der Waals surface area contributed by atoms with E-state index in [0.29, 0.717) is 5.56 Å². The van der Waals surface area contributed by atoms with Crippen molar-refractivity contribution in [1.29, 1.82) is 5.26 Å². The minimum Gasteiger partial charge on any atom is -0.355 e. The molecule has 0 bridgehead atoms. The number of benzene rings is 5. The Labute approximate surface area is 145 Å². The van der Waals surface area contributed by atoms with Crippen LogP contribution >= 0.6 is 0 Å². The molecule has 5 rings (SSSR count). The van der Waals surface area contributed by atoms with Gasteiger partial charge >= 0.3 is 0 Å². The van der Waals surface area contributed by atoms with Crippen molar-refractivity contribution in [1.82, 2.24) is 0 Å². The van der Waals surface area contributed by atoms with Crippen LogP contribution in [0.15, 0.2) is 78.9 Å². The monoisotopic (exact) mass is 318 g/mol. The Hall–Kier alpha value is -3.57. The molecule has 0 atom stereocenters. The molecule has 0 spiro atoms. The maximum atomic E-state index is 8.95. The second-order valence-electron chi connectivity index (χ2n) is 6.28. The molecule has 0 saturated heterocycles. The molecule has 2 nitrogen and oxygen atoms in total. The normalized spacial score (nSPS) is 11.2. The van der Waals surface area contributed by atoms with Gasteiger partial charge in [-0.05, 0) is 57.3 Å². The standard InChI is InChI=1S/C23H14N2/c24-14-15-4-10-19(11-5-15)25-21-13-9-18-7-6-16-2-1-3-17-8-12-20(21)23(18)22(16)17/h1-13,25H. The van der Waals surface area contributed by atoms with Gasteiger partial charge in [0, 0.05) is 16.8 Å². The minimum atomic E-state index is 0.668. The van der Waals surface area contributed by atoms with E-state index < -0.39 is 0 Å². The molecule has 0 amide bonds. The van der Waals surface area contributed by atoms with Gasteiger partial charge in [-0.2, -0.15) is 5.26 Å². The van der Waals surface area contributed by atoms with Gasteiger partial charge in [0.25, 0.3) is 0 Å². The molecule has 0 aromatic heterocycles. The van der Waals surface area contributed by atoms with Gasteiger partial charge in [-0.3, -0.25) is 0 Å². The zero-order valence-electron chi connectivity index (χ0n) is 13.5. The average Bonchev–Trinajstić information content (AvgIpc) is 2.68. The van der Waals surface area contributed by atoms with Crippen molar-refractivity contribution in [2.45, 2.75) is 0 Å². The van der Waals surface area contributed by atoms with Crippen LogP contribution in [-0.4, -0.2) is 0 Å². The van der Waals surface area contributed by atoms with E-state index in [9.17, 15) is 0 Å². The fourth-order valence-electron chi connectivity index (χ4n) is 3.63. The number of nitrogens with zero attached hydrogens (tertiary/aromatic N) is 1. The van der Waals surface area contributed by atoms with Crippen molar-refractivity contribution in [2.24, 2.45) is 0 Å². The fourth-order valence-corrected chi connectivity index (χ4v) is 3.63. The fraction of sp³-hybridized carbons (Fsp3) is 0. The highest BCUT2D eigenvalue weighted by Gasteiger charge is 2.10. The first kappa shape index (κ1) is 13.8. The summed E-state index contributed by atoms with van der Waals surface area (Å²) in [7, 11) is 0. The zero-order valence-corrected chi connectivity index (χ0v) is 13.5. The van der Waals surface area contributed by atoms with Crippen LogP contribution in [0.25, 0.3) is 32.3 Å². The Morgan fingerprint density at radius 3 is 2.00 bits per heavy atom. The van der Waals surface area contributed by atoms with Crippen molar-refractivity contribution >= 4 is 43.7 Å². The number of nitrogens with one attached hydrogen (secondary N) is 1. The van der Waals surface area contributed by atoms with Crippen LogP contribution in [0.4, 0.5) is 11.4 Å². The van der Waals surface area contributed by atoms with Gasteiger partial charge in [-0.25, -0.2) is 0 Å². The van der Waals surface area contributed by atoms with Gasteiger partial charge in [0.15, 0.2) is 0 Å². The number of hydrogen-bond acceptors (Lipinski definition) is 2. The number of hydrogen-bond donors (Lipinski definition) is 1. The third kappa shape index (κ3) is 2.10. The lowest BCUT2D eigenvalue weighted by atomic mass is 9.93. The van der Waals surface area contributed by atoms with Crippen LogP contribution in [-0.2, 0) is 0 Å². The molecule has 5 aromatic carbocycles. The van der Waals surface area contributed by atoms with Crippen LogP contribution in [0, 0.1) is 11.3 Å². The predicted octanol–water partition coefficient (Wildman–Crippen LogP) is 6.20. The molecule has 1 N–H and O–H groups in total. The van der Waals surface area contributed by atoms with Crippen molar-refractivity contribution in [2.75, 3.05) is 5.32 Å². The average molecular weight is 318 g/mol. The van der Waals surface area contributed by atoms with E-state index in [1.165, 1.54) is 32.3 Å². The third-order valence-electron chi connectivity index (χ3n) is 4.82. The van der Waals surface area contributed by atoms with Crippen LogP contribution in [0.5, 0.6) is 0 Å². The predicted molar refractivity (Wildman–Crippen MR) is 105 cm³/mol. The highest BCUT2D eigenvalue weighted by Crippen LogP contribution is 2.38. The molecule has 0 radical (unpaired) electrons. The summed E-state index contributed by atoms with van der Waals surface area (Å²) < 4.78 is 0. The summed E-state index contributed by atoms with van der Waals surface area (Å²) in [6, 6.07) is 29.2. The van der Waals surface area contributed by atoms with Crippen molar-refractivity contribution in [3.8, 4) is 6.07 Å². The summed E-state index contributed by atoms with van der Waals surface area (Å²) >= 11 is 0. The van der Waals surface area contributed by atoms with Crippen molar-refractivity contribution < 1.29 is 0 Å². The van der Waals surface area contributed by atoms with E-state index in [2.05, 4.69) is 66.0 Å². The van der Waals surface area contributed by atoms with Crippen LogP contribution in [0.1, 0.15) is 5.56 Å². The SMILES string of the molecule is N#Cc1ccc(Nc2ccc3ccc4cccc5ccc2c3c45)cc1. The number of rotatable bonds is 2. The number of nitriles is 1. The van der Waals surface area contributed by atoms with Gasteiger partial charge in [0.05, 0.1) is 11.6 Å². The lowest BCUT2D eigenvalue weighted by molar-refractivity contribution is 1.48. The molecular weight excluding hydrogens is 304 g/mol. The van der Waals surface area contributed by atoms with Crippen LogP contribution < -0.4 is 5.32 Å². The van der Waals surface area contributed by atoms with Crippen LogP contribution in [0.2, 0.25) is 0 Å². The van der Waals surface area contributed by atoms with Gasteiger partial charge in [-0.15, -0.1) is 0 Å². The van der Waals surface area contributed by atoms with E-state index in [1.807, 2.05) is 24.3 Å². The summed E-state index contributed by atoms with van der Waals surface area (Å²) in [6.07, 6.45) is 0. The Kier molecular flexibility index (Phi) is 2.89. The van der Waals surface area contributed by atoms with Crippen molar-refractivity contribution in [3.05, 3.63) is 84.4 Å². The van der Waals surface area contributed by atoms with E-state index in [-0.39, 0.29) is 0 Å². The van der Waals surface area contributed by atoms with Gasteiger partial charge in [-0.1, -0.05) is 48.5 Å². The zero-order chi connectivity index (χ0) is 16.8. The molecule has 0 unspecified atom stereocenters. The summed E-state index contributed by atoms with van der Waals surface area (Å²) in [5.41, 5.74) is 2.73. The molecular formula is C23H14N2. The van der Waals surface area contributed by atoms with Gasteiger partial charge in [0.1, 0.15) is 0 Å². The molecule has 5 aromatic rings. The molecule has 0 aliphatic carbocycles. The Morgan fingerprint density at radius 1 is 0.640 bits per heavy atom. The molecule has 0 aliphatic heterocycles. The molecule has 25 heavy (non-hydrogen) atoms. The first-order chi connectivity index (χ1) is 12.3. The topological polar surface area (TPSA) is 35.8 Å². The van der Waals surface area contributed by atoms with E-state index >= 15 is 0 Å². The lowest BCUT2D eigenvalue weighted by Gasteiger charge is -2.15. The summed E-state index contributed by atoms with van der Waals surface area (Å²) in [6.45, 7) is 0. The van der Waals surface area contributed by atoms with E-state index in [0.717, 1.165) is 11.4 Å². The third-order valence-corrected chi connectivity index (χ3v) is 4.82. The molecule has 0 aliphatic rings. The van der Waals surface area contributed by atoms with Gasteiger partial charge in [0.2, 0.25) is 0 Å². The summed E-state index contributed by atoms with van der Waals surface area (Å²) in [5.74, 6) is 0. The quantitative estimate of drug-likeness (QED) is 0.393. The lowest BCUT2D eigenvalue weighted by Crippen LogP contribution is -1.93. The highest BCUT2D eigenvalue weighted by atomic mass is 14.9. The first-order valence-electron chi connectivity index (χ1n) is 8.27. The molecule has 2 heteroatoms. The maximum Gasteiger partial charge on any atom is 0.0991 e. The Morgan fingerprint density at radius 2 is 1.28 bits per heavy atom. The molecule has 116 valence electrons. The number of anilines is 2. The van der Waals surface area contributed by atoms with Gasteiger partial charge < -0.3 is 5.32 Å². The molecule has 0 fully saturated rings. The summed E-state index contributed by atoms with van der Waals surface area (Å²) in [5, 5.41) is 20.1. The van der Waals surface area contributed by atoms with Crippen LogP contribution in [0.3, 0.4) is 0 Å².